The van der Waals surface area contributed by atoms with Crippen molar-refractivity contribution in [1.82, 2.24) is 10.6 Å². The average Bonchev–Trinajstić information content (AvgIpc) is 2.68. The topological polar surface area (TPSA) is 50.4 Å². The van der Waals surface area contributed by atoms with Gasteiger partial charge in [0, 0.05) is 13.7 Å². The van der Waals surface area contributed by atoms with Crippen LogP contribution in [0.3, 0.4) is 0 Å². The molecule has 0 aromatic heterocycles. The van der Waals surface area contributed by atoms with Crippen LogP contribution in [0.4, 0.5) is 0 Å². The van der Waals surface area contributed by atoms with Gasteiger partial charge in [0.15, 0.2) is 0 Å². The first-order valence-corrected chi connectivity index (χ1v) is 5.99. The molecule has 0 aromatic rings. The maximum atomic E-state index is 11.8. The van der Waals surface area contributed by atoms with Gasteiger partial charge >= 0.3 is 0 Å². The first-order chi connectivity index (χ1) is 7.45. The van der Waals surface area contributed by atoms with Crippen LogP contribution in [-0.2, 0) is 9.53 Å². The van der Waals surface area contributed by atoms with E-state index in [9.17, 15) is 4.79 Å². The highest BCUT2D eigenvalue weighted by Crippen LogP contribution is 2.21. The predicted octanol–water partition coefficient (Wildman–Crippen LogP) is 0.916. The fraction of sp³-hybridized carbons (Fsp3) is 0.917. The quantitative estimate of drug-likeness (QED) is 0.752. The second kappa shape index (κ2) is 5.64. The van der Waals surface area contributed by atoms with E-state index in [2.05, 4.69) is 31.4 Å². The fourth-order valence-corrected chi connectivity index (χ4v) is 1.97. The Hall–Kier alpha value is -0.610. The average molecular weight is 228 g/mol. The minimum Gasteiger partial charge on any atom is -0.379 e. The number of amides is 1. The molecule has 2 N–H and O–H groups in total. The first-order valence-electron chi connectivity index (χ1n) is 5.99. The molecule has 0 aliphatic carbocycles. The van der Waals surface area contributed by atoms with E-state index < -0.39 is 0 Å². The van der Waals surface area contributed by atoms with Crippen molar-refractivity contribution in [3.05, 3.63) is 0 Å². The van der Waals surface area contributed by atoms with Crippen molar-refractivity contribution in [2.24, 2.45) is 5.41 Å². The van der Waals surface area contributed by atoms with Crippen molar-refractivity contribution in [2.45, 2.75) is 45.8 Å². The van der Waals surface area contributed by atoms with Gasteiger partial charge in [-0.2, -0.15) is 0 Å². The Balaban J connectivity index is 2.34. The Morgan fingerprint density at radius 3 is 2.69 bits per heavy atom. The summed E-state index contributed by atoms with van der Waals surface area (Å²) in [7, 11) is 1.69. The summed E-state index contributed by atoms with van der Waals surface area (Å²) in [4.78, 5) is 11.8. The second-order valence-corrected chi connectivity index (χ2v) is 5.48. The van der Waals surface area contributed by atoms with E-state index >= 15 is 0 Å². The molecule has 94 valence electrons. The van der Waals surface area contributed by atoms with Crippen LogP contribution in [0, 0.1) is 5.41 Å². The van der Waals surface area contributed by atoms with Crippen molar-refractivity contribution < 1.29 is 9.53 Å². The SMILES string of the molecule is COC(CNC(=O)C1CCCN1)C(C)(C)C. The highest BCUT2D eigenvalue weighted by atomic mass is 16.5. The van der Waals surface area contributed by atoms with E-state index in [0.717, 1.165) is 19.4 Å². The van der Waals surface area contributed by atoms with Gasteiger partial charge in [0.1, 0.15) is 0 Å². The molecule has 1 saturated heterocycles. The number of ether oxygens (including phenoxy) is 1. The Morgan fingerprint density at radius 1 is 1.56 bits per heavy atom. The largest absolute Gasteiger partial charge is 0.379 e. The number of hydrogen-bond donors (Lipinski definition) is 2. The normalized spacial score (nSPS) is 23.1. The Morgan fingerprint density at radius 2 is 2.25 bits per heavy atom. The molecule has 2 atom stereocenters. The second-order valence-electron chi connectivity index (χ2n) is 5.48. The molecule has 1 fully saturated rings. The molecule has 0 aromatic carbocycles. The van der Waals surface area contributed by atoms with E-state index in [-0.39, 0.29) is 23.5 Å². The molecule has 16 heavy (non-hydrogen) atoms. The van der Waals surface area contributed by atoms with Gasteiger partial charge in [0.25, 0.3) is 0 Å². The van der Waals surface area contributed by atoms with Crippen molar-refractivity contribution in [3.63, 3.8) is 0 Å². The van der Waals surface area contributed by atoms with Crippen LogP contribution in [0.2, 0.25) is 0 Å². The zero-order chi connectivity index (χ0) is 12.2. The molecule has 4 heteroatoms. The molecule has 4 nitrogen and oxygen atoms in total. The Bertz CT molecular complexity index is 230. The van der Waals surface area contributed by atoms with Gasteiger partial charge in [-0.05, 0) is 24.8 Å². The monoisotopic (exact) mass is 228 g/mol. The highest BCUT2D eigenvalue weighted by molar-refractivity contribution is 5.82. The molecule has 1 aliphatic rings. The lowest BCUT2D eigenvalue weighted by atomic mass is 9.89. The maximum Gasteiger partial charge on any atom is 0.237 e. The molecule has 2 unspecified atom stereocenters. The molecular weight excluding hydrogens is 204 g/mol. The first kappa shape index (κ1) is 13.5. The molecule has 0 bridgehead atoms. The zero-order valence-corrected chi connectivity index (χ0v) is 10.8. The van der Waals surface area contributed by atoms with Crippen molar-refractivity contribution in [2.75, 3.05) is 20.2 Å². The van der Waals surface area contributed by atoms with Gasteiger partial charge in [-0.15, -0.1) is 0 Å². The van der Waals surface area contributed by atoms with Gasteiger partial charge < -0.3 is 15.4 Å². The standard InChI is InChI=1S/C12H24N2O2/c1-12(2,3)10(16-4)8-14-11(15)9-6-5-7-13-9/h9-10,13H,5-8H2,1-4H3,(H,14,15). The number of hydrogen-bond acceptors (Lipinski definition) is 3. The lowest BCUT2D eigenvalue weighted by molar-refractivity contribution is -0.123. The lowest BCUT2D eigenvalue weighted by Crippen LogP contribution is -2.46. The number of nitrogens with one attached hydrogen (secondary N) is 2. The summed E-state index contributed by atoms with van der Waals surface area (Å²) in [6.45, 7) is 7.87. The van der Waals surface area contributed by atoms with Gasteiger partial charge in [-0.1, -0.05) is 20.8 Å². The van der Waals surface area contributed by atoms with Gasteiger partial charge in [-0.3, -0.25) is 4.79 Å². The van der Waals surface area contributed by atoms with Gasteiger partial charge in [0.2, 0.25) is 5.91 Å². The minimum absolute atomic E-state index is 0.00234. The van der Waals surface area contributed by atoms with Gasteiger partial charge in [0.05, 0.1) is 12.1 Å². The van der Waals surface area contributed by atoms with Gasteiger partial charge in [-0.25, -0.2) is 0 Å². The number of methoxy groups -OCH3 is 1. The Kier molecular flexibility index (Phi) is 4.74. The molecule has 1 amide bonds. The molecule has 1 heterocycles. The van der Waals surface area contributed by atoms with Crippen LogP contribution in [0.1, 0.15) is 33.6 Å². The van der Waals surface area contributed by atoms with E-state index in [0.29, 0.717) is 6.54 Å². The summed E-state index contributed by atoms with van der Waals surface area (Å²) in [6.07, 6.45) is 2.09. The van der Waals surface area contributed by atoms with Crippen LogP contribution in [0.15, 0.2) is 0 Å². The summed E-state index contributed by atoms with van der Waals surface area (Å²) in [5, 5.41) is 6.14. The fourth-order valence-electron chi connectivity index (χ4n) is 1.97. The van der Waals surface area contributed by atoms with Crippen molar-refractivity contribution in [3.8, 4) is 0 Å². The van der Waals surface area contributed by atoms with E-state index in [1.54, 1.807) is 7.11 Å². The van der Waals surface area contributed by atoms with Crippen molar-refractivity contribution in [1.29, 1.82) is 0 Å². The highest BCUT2D eigenvalue weighted by Gasteiger charge is 2.27. The summed E-state index contributed by atoms with van der Waals surface area (Å²) in [5.74, 6) is 0.101. The molecule has 0 spiro atoms. The molecule has 1 aliphatic heterocycles. The van der Waals surface area contributed by atoms with Crippen LogP contribution < -0.4 is 10.6 Å². The summed E-state index contributed by atoms with van der Waals surface area (Å²) in [6, 6.07) is -0.00234. The molecule has 1 rings (SSSR count). The summed E-state index contributed by atoms with van der Waals surface area (Å²) < 4.78 is 5.39. The Labute approximate surface area is 98.1 Å². The molecule has 0 saturated carbocycles. The predicted molar refractivity (Wildman–Crippen MR) is 64.3 cm³/mol. The van der Waals surface area contributed by atoms with E-state index in [1.165, 1.54) is 0 Å². The zero-order valence-electron chi connectivity index (χ0n) is 10.8. The minimum atomic E-state index is -0.00234. The third-order valence-electron chi connectivity index (χ3n) is 3.09. The van der Waals surface area contributed by atoms with Crippen LogP contribution in [-0.4, -0.2) is 38.3 Å². The number of carbonyl (C=O) groups is 1. The maximum absolute atomic E-state index is 11.8. The van der Waals surface area contributed by atoms with Crippen molar-refractivity contribution >= 4 is 5.91 Å². The summed E-state index contributed by atoms with van der Waals surface area (Å²) >= 11 is 0. The van der Waals surface area contributed by atoms with Crippen LogP contribution in [0.25, 0.3) is 0 Å². The number of rotatable bonds is 4. The van der Waals surface area contributed by atoms with Crippen LogP contribution >= 0.6 is 0 Å². The van der Waals surface area contributed by atoms with E-state index in [4.69, 9.17) is 4.74 Å². The molecular formula is C12H24N2O2. The lowest BCUT2D eigenvalue weighted by Gasteiger charge is -2.29. The molecule has 0 radical (unpaired) electrons. The third kappa shape index (κ3) is 3.76. The summed E-state index contributed by atoms with van der Waals surface area (Å²) in [5.41, 5.74) is 0.0468. The number of carbonyl (C=O) groups excluding carboxylic acids is 1. The smallest absolute Gasteiger partial charge is 0.237 e. The third-order valence-corrected chi connectivity index (χ3v) is 3.09. The van der Waals surface area contributed by atoms with Crippen LogP contribution in [0.5, 0.6) is 0 Å². The van der Waals surface area contributed by atoms with E-state index in [1.807, 2.05) is 0 Å².